The van der Waals surface area contributed by atoms with Crippen LogP contribution in [0.15, 0.2) is 36.8 Å². The highest BCUT2D eigenvalue weighted by Crippen LogP contribution is 2.21. The third-order valence-corrected chi connectivity index (χ3v) is 2.15. The van der Waals surface area contributed by atoms with E-state index in [0.717, 1.165) is 11.8 Å². The average Bonchev–Trinajstić information content (AvgIpc) is 2.30. The monoisotopic (exact) mass is 218 g/mol. The fraction of sp³-hybridized carbons (Fsp3) is 0. The number of halogens is 1. The number of carbonyl (C=O) groups excluding carboxylic acids is 1. The zero-order valence-corrected chi connectivity index (χ0v) is 8.48. The van der Waals surface area contributed by atoms with E-state index >= 15 is 0 Å². The maximum atomic E-state index is 10.8. The van der Waals surface area contributed by atoms with E-state index in [1.807, 2.05) is 6.07 Å². The highest BCUT2D eigenvalue weighted by molar-refractivity contribution is 6.30. The standard InChI is InChI=1S/C11H7ClN2O/c12-10-4-9(7-15)11(14-6-10)8-2-1-3-13-5-8/h1-7H. The third kappa shape index (κ3) is 2.02. The Morgan fingerprint density at radius 1 is 1.33 bits per heavy atom. The smallest absolute Gasteiger partial charge is 0.152 e. The summed E-state index contributed by atoms with van der Waals surface area (Å²) in [6.45, 7) is 0. The first-order valence-electron chi connectivity index (χ1n) is 4.32. The Morgan fingerprint density at radius 3 is 2.87 bits per heavy atom. The zero-order valence-electron chi connectivity index (χ0n) is 7.72. The van der Waals surface area contributed by atoms with Gasteiger partial charge in [-0.2, -0.15) is 0 Å². The minimum absolute atomic E-state index is 0.449. The molecule has 0 aliphatic rings. The summed E-state index contributed by atoms with van der Waals surface area (Å²) in [7, 11) is 0. The van der Waals surface area contributed by atoms with E-state index in [1.165, 1.54) is 6.20 Å². The summed E-state index contributed by atoms with van der Waals surface area (Å²) in [6, 6.07) is 5.22. The lowest BCUT2D eigenvalue weighted by molar-refractivity contribution is 0.112. The van der Waals surface area contributed by atoms with E-state index in [-0.39, 0.29) is 0 Å². The molecule has 0 amide bonds. The number of aromatic nitrogens is 2. The van der Waals surface area contributed by atoms with Gasteiger partial charge in [0.05, 0.1) is 10.7 Å². The zero-order chi connectivity index (χ0) is 10.7. The molecule has 0 N–H and O–H groups in total. The van der Waals surface area contributed by atoms with Crippen LogP contribution in [0.4, 0.5) is 0 Å². The van der Waals surface area contributed by atoms with Crippen LogP contribution >= 0.6 is 11.6 Å². The van der Waals surface area contributed by atoms with Crippen molar-refractivity contribution >= 4 is 17.9 Å². The van der Waals surface area contributed by atoms with E-state index in [1.54, 1.807) is 24.5 Å². The SMILES string of the molecule is O=Cc1cc(Cl)cnc1-c1cccnc1. The van der Waals surface area contributed by atoms with Crippen LogP contribution in [0.5, 0.6) is 0 Å². The van der Waals surface area contributed by atoms with Crippen LogP contribution in [0, 0.1) is 0 Å². The van der Waals surface area contributed by atoms with Crippen molar-refractivity contribution in [2.24, 2.45) is 0 Å². The number of hydrogen-bond acceptors (Lipinski definition) is 3. The first kappa shape index (κ1) is 9.80. The highest BCUT2D eigenvalue weighted by atomic mass is 35.5. The molecule has 0 atom stereocenters. The fourth-order valence-electron chi connectivity index (χ4n) is 1.29. The van der Waals surface area contributed by atoms with Crippen molar-refractivity contribution in [1.82, 2.24) is 9.97 Å². The van der Waals surface area contributed by atoms with Crippen LogP contribution in [0.3, 0.4) is 0 Å². The predicted octanol–water partition coefficient (Wildman–Crippen LogP) is 2.61. The molecule has 0 saturated carbocycles. The minimum atomic E-state index is 0.449. The first-order valence-corrected chi connectivity index (χ1v) is 4.70. The van der Waals surface area contributed by atoms with Gasteiger partial charge in [0.25, 0.3) is 0 Å². The normalized spacial score (nSPS) is 9.93. The second kappa shape index (κ2) is 4.19. The van der Waals surface area contributed by atoms with Crippen molar-refractivity contribution in [3.63, 3.8) is 0 Å². The van der Waals surface area contributed by atoms with Gasteiger partial charge in [-0.15, -0.1) is 0 Å². The van der Waals surface area contributed by atoms with Crippen LogP contribution < -0.4 is 0 Å². The molecular formula is C11H7ClN2O. The maximum absolute atomic E-state index is 10.8. The summed E-state index contributed by atoms with van der Waals surface area (Å²) < 4.78 is 0. The average molecular weight is 219 g/mol. The molecule has 0 aliphatic carbocycles. The lowest BCUT2D eigenvalue weighted by Gasteiger charge is -2.03. The third-order valence-electron chi connectivity index (χ3n) is 1.95. The Morgan fingerprint density at radius 2 is 2.20 bits per heavy atom. The van der Waals surface area contributed by atoms with Gasteiger partial charge in [-0.1, -0.05) is 11.6 Å². The van der Waals surface area contributed by atoms with Crippen molar-refractivity contribution in [3.05, 3.63) is 47.4 Å². The maximum Gasteiger partial charge on any atom is 0.152 e. The molecule has 15 heavy (non-hydrogen) atoms. The van der Waals surface area contributed by atoms with Crippen molar-refractivity contribution in [2.75, 3.05) is 0 Å². The van der Waals surface area contributed by atoms with Crippen molar-refractivity contribution in [2.45, 2.75) is 0 Å². The molecule has 3 nitrogen and oxygen atoms in total. The van der Waals surface area contributed by atoms with Crippen molar-refractivity contribution in [1.29, 1.82) is 0 Å². The number of pyridine rings is 2. The molecule has 0 bridgehead atoms. The van der Waals surface area contributed by atoms with Gasteiger partial charge in [0.15, 0.2) is 6.29 Å². The van der Waals surface area contributed by atoms with Gasteiger partial charge >= 0.3 is 0 Å². The lowest BCUT2D eigenvalue weighted by Crippen LogP contribution is -1.91. The predicted molar refractivity (Wildman–Crippen MR) is 57.9 cm³/mol. The molecule has 0 saturated heterocycles. The Kier molecular flexibility index (Phi) is 2.74. The van der Waals surface area contributed by atoms with Gasteiger partial charge < -0.3 is 0 Å². The van der Waals surface area contributed by atoms with Crippen LogP contribution in [0.1, 0.15) is 10.4 Å². The quantitative estimate of drug-likeness (QED) is 0.728. The number of rotatable bonds is 2. The van der Waals surface area contributed by atoms with Crippen LogP contribution in [-0.4, -0.2) is 16.3 Å². The number of aldehydes is 1. The molecule has 0 aromatic carbocycles. The van der Waals surface area contributed by atoms with Gasteiger partial charge in [0.2, 0.25) is 0 Å². The molecule has 2 rings (SSSR count). The van der Waals surface area contributed by atoms with Gasteiger partial charge in [-0.3, -0.25) is 14.8 Å². The van der Waals surface area contributed by atoms with Crippen LogP contribution in [0.2, 0.25) is 5.02 Å². The molecule has 0 radical (unpaired) electrons. The van der Waals surface area contributed by atoms with Gasteiger partial charge in [0, 0.05) is 29.7 Å². The highest BCUT2D eigenvalue weighted by Gasteiger charge is 2.06. The molecular weight excluding hydrogens is 212 g/mol. The van der Waals surface area contributed by atoms with E-state index in [2.05, 4.69) is 9.97 Å². The molecule has 0 unspecified atom stereocenters. The van der Waals surface area contributed by atoms with E-state index in [4.69, 9.17) is 11.6 Å². The van der Waals surface area contributed by atoms with Crippen LogP contribution in [0.25, 0.3) is 11.3 Å². The summed E-state index contributed by atoms with van der Waals surface area (Å²) in [6.07, 6.45) is 5.57. The summed E-state index contributed by atoms with van der Waals surface area (Å²) in [4.78, 5) is 18.9. The Hall–Kier alpha value is -1.74. The van der Waals surface area contributed by atoms with E-state index in [9.17, 15) is 4.79 Å². The minimum Gasteiger partial charge on any atom is -0.298 e. The topological polar surface area (TPSA) is 42.9 Å². The van der Waals surface area contributed by atoms with Crippen LogP contribution in [-0.2, 0) is 0 Å². The fourth-order valence-corrected chi connectivity index (χ4v) is 1.46. The molecule has 2 aromatic rings. The Balaban J connectivity index is 2.58. The van der Waals surface area contributed by atoms with Gasteiger partial charge in [-0.05, 0) is 18.2 Å². The van der Waals surface area contributed by atoms with Crippen molar-refractivity contribution in [3.8, 4) is 11.3 Å². The summed E-state index contributed by atoms with van der Waals surface area (Å²) in [5, 5.41) is 0.449. The molecule has 4 heteroatoms. The summed E-state index contributed by atoms with van der Waals surface area (Å²) in [5.41, 5.74) is 1.87. The molecule has 2 aromatic heterocycles. The second-order valence-corrected chi connectivity index (χ2v) is 3.39. The van der Waals surface area contributed by atoms with E-state index < -0.39 is 0 Å². The van der Waals surface area contributed by atoms with Crippen molar-refractivity contribution < 1.29 is 4.79 Å². The number of nitrogens with zero attached hydrogens (tertiary/aromatic N) is 2. The molecule has 0 aliphatic heterocycles. The van der Waals surface area contributed by atoms with Gasteiger partial charge in [-0.25, -0.2) is 0 Å². The first-order chi connectivity index (χ1) is 7.31. The van der Waals surface area contributed by atoms with E-state index in [0.29, 0.717) is 16.3 Å². The largest absolute Gasteiger partial charge is 0.298 e. The molecule has 0 fully saturated rings. The Labute approximate surface area is 91.8 Å². The summed E-state index contributed by atoms with van der Waals surface area (Å²) in [5.74, 6) is 0. The van der Waals surface area contributed by atoms with Gasteiger partial charge in [0.1, 0.15) is 0 Å². The number of hydrogen-bond donors (Lipinski definition) is 0. The molecule has 2 heterocycles. The lowest BCUT2D eigenvalue weighted by atomic mass is 10.1. The number of carbonyl (C=O) groups is 1. The summed E-state index contributed by atoms with van der Waals surface area (Å²) >= 11 is 5.75. The second-order valence-electron chi connectivity index (χ2n) is 2.95. The Bertz CT molecular complexity index is 485. The molecule has 0 spiro atoms. The molecule has 74 valence electrons.